The molecule has 0 aliphatic carbocycles. The van der Waals surface area contributed by atoms with Crippen molar-refractivity contribution in [1.82, 2.24) is 9.71 Å². The van der Waals surface area contributed by atoms with E-state index in [1.165, 1.54) is 13.1 Å². The lowest BCUT2D eigenvalue weighted by Gasteiger charge is -2.10. The Balaban J connectivity index is 1.96. The number of amides is 1. The second-order valence-corrected chi connectivity index (χ2v) is 7.60. The van der Waals surface area contributed by atoms with Gasteiger partial charge in [0.25, 0.3) is 11.5 Å². The lowest BCUT2D eigenvalue weighted by atomic mass is 10.1. The molecule has 0 radical (unpaired) electrons. The summed E-state index contributed by atoms with van der Waals surface area (Å²) in [5, 5.41) is 3.74. The van der Waals surface area contributed by atoms with Gasteiger partial charge in [0.2, 0.25) is 10.0 Å². The van der Waals surface area contributed by atoms with Crippen LogP contribution in [0.15, 0.2) is 58.2 Å². The molecule has 1 heterocycles. The molecule has 1 aromatic heterocycles. The molecule has 0 fully saturated rings. The smallest absolute Gasteiger partial charge is 0.272 e. The van der Waals surface area contributed by atoms with Gasteiger partial charge in [-0.25, -0.2) is 13.1 Å². The van der Waals surface area contributed by atoms with Crippen molar-refractivity contribution in [2.75, 3.05) is 12.4 Å². The minimum Gasteiger partial charge on any atom is -0.321 e. The highest BCUT2D eigenvalue weighted by molar-refractivity contribution is 7.89. The van der Waals surface area contributed by atoms with Gasteiger partial charge in [-0.2, -0.15) is 0 Å². The van der Waals surface area contributed by atoms with Crippen LogP contribution in [0.4, 0.5) is 5.69 Å². The molecule has 0 unspecified atom stereocenters. The Kier molecular flexibility index (Phi) is 4.62. The Labute approximate surface area is 150 Å². The summed E-state index contributed by atoms with van der Waals surface area (Å²) in [4.78, 5) is 27.2. The van der Waals surface area contributed by atoms with Gasteiger partial charge in [-0.15, -0.1) is 0 Å². The van der Waals surface area contributed by atoms with Crippen LogP contribution >= 0.6 is 0 Å². The number of H-pyrrole nitrogens is 1. The number of fused-ring (bicyclic) bond motifs is 1. The molecule has 3 N–H and O–H groups in total. The molecule has 134 valence electrons. The summed E-state index contributed by atoms with van der Waals surface area (Å²) in [6.07, 6.45) is 0. The van der Waals surface area contributed by atoms with Crippen LogP contribution in [0.3, 0.4) is 0 Å². The maximum atomic E-state index is 12.5. The highest BCUT2D eigenvalue weighted by Gasteiger charge is 2.16. The summed E-state index contributed by atoms with van der Waals surface area (Å²) >= 11 is 0. The van der Waals surface area contributed by atoms with E-state index in [4.69, 9.17) is 0 Å². The normalized spacial score (nSPS) is 11.5. The first-order valence-electron chi connectivity index (χ1n) is 7.79. The van der Waals surface area contributed by atoms with Gasteiger partial charge in [0.15, 0.2) is 0 Å². The third-order valence-electron chi connectivity index (χ3n) is 4.00. The number of aromatic amines is 1. The van der Waals surface area contributed by atoms with E-state index in [0.29, 0.717) is 22.0 Å². The van der Waals surface area contributed by atoms with E-state index in [-0.39, 0.29) is 16.1 Å². The number of aryl methyl sites for hydroxylation is 1. The molecule has 26 heavy (non-hydrogen) atoms. The first kappa shape index (κ1) is 17.8. The maximum Gasteiger partial charge on any atom is 0.272 e. The largest absolute Gasteiger partial charge is 0.321 e. The van der Waals surface area contributed by atoms with Gasteiger partial charge >= 0.3 is 0 Å². The van der Waals surface area contributed by atoms with Crippen LogP contribution in [0, 0.1) is 6.92 Å². The highest BCUT2D eigenvalue weighted by Crippen LogP contribution is 2.20. The molecule has 0 aliphatic heterocycles. The van der Waals surface area contributed by atoms with Crippen LogP contribution in [0.25, 0.3) is 10.8 Å². The van der Waals surface area contributed by atoms with Gasteiger partial charge in [-0.05, 0) is 49.2 Å². The first-order chi connectivity index (χ1) is 12.3. The zero-order chi connectivity index (χ0) is 18.9. The fourth-order valence-corrected chi connectivity index (χ4v) is 3.60. The average molecular weight is 371 g/mol. The molecule has 0 saturated heterocycles. The van der Waals surface area contributed by atoms with E-state index >= 15 is 0 Å². The maximum absolute atomic E-state index is 12.5. The number of sulfonamides is 1. The first-order valence-corrected chi connectivity index (χ1v) is 9.28. The van der Waals surface area contributed by atoms with Crippen LogP contribution in [-0.2, 0) is 10.0 Å². The number of carbonyl (C=O) groups is 1. The quantitative estimate of drug-likeness (QED) is 0.652. The molecule has 0 saturated carbocycles. The standard InChI is InChI=1S/C18H17N3O4S/c1-11-7-8-13(10-16(11)26(24,25)19-2)20-18(23)15-9-12-5-3-4-6-14(12)17(22)21-15/h3-10,19H,1-2H3,(H,20,23)(H,21,22). The fourth-order valence-electron chi connectivity index (χ4n) is 2.61. The molecule has 0 aliphatic rings. The number of hydrogen-bond donors (Lipinski definition) is 3. The zero-order valence-corrected chi connectivity index (χ0v) is 15.0. The number of benzene rings is 2. The minimum absolute atomic E-state index is 0.0739. The molecular weight excluding hydrogens is 354 g/mol. The van der Waals surface area contributed by atoms with Crippen molar-refractivity contribution in [2.45, 2.75) is 11.8 Å². The predicted octanol–water partition coefficient (Wildman–Crippen LogP) is 2.00. The summed E-state index contributed by atoms with van der Waals surface area (Å²) in [5.74, 6) is -0.537. The summed E-state index contributed by atoms with van der Waals surface area (Å²) in [6, 6.07) is 13.1. The number of carbonyl (C=O) groups excluding carboxylic acids is 1. The summed E-state index contributed by atoms with van der Waals surface area (Å²) in [6.45, 7) is 1.66. The summed E-state index contributed by atoms with van der Waals surface area (Å²) in [7, 11) is -2.33. The van der Waals surface area contributed by atoms with Gasteiger partial charge in [0, 0.05) is 11.1 Å². The molecule has 3 rings (SSSR count). The molecule has 0 atom stereocenters. The third kappa shape index (κ3) is 3.37. The monoisotopic (exact) mass is 371 g/mol. The molecular formula is C18H17N3O4S. The Morgan fingerprint density at radius 1 is 1.08 bits per heavy atom. The Hall–Kier alpha value is -2.97. The van der Waals surface area contributed by atoms with Crippen molar-refractivity contribution in [2.24, 2.45) is 0 Å². The highest BCUT2D eigenvalue weighted by atomic mass is 32.2. The molecule has 3 aromatic rings. The van der Waals surface area contributed by atoms with Crippen molar-refractivity contribution in [3.8, 4) is 0 Å². The SMILES string of the molecule is CNS(=O)(=O)c1cc(NC(=O)c2cc3ccccc3c(=O)[nH]2)ccc1C. The van der Waals surface area contributed by atoms with Crippen molar-refractivity contribution < 1.29 is 13.2 Å². The van der Waals surface area contributed by atoms with Gasteiger partial charge in [-0.3, -0.25) is 9.59 Å². The molecule has 7 nitrogen and oxygen atoms in total. The number of hydrogen-bond acceptors (Lipinski definition) is 4. The Morgan fingerprint density at radius 2 is 1.81 bits per heavy atom. The minimum atomic E-state index is -3.65. The fraction of sp³-hybridized carbons (Fsp3) is 0.111. The number of rotatable bonds is 4. The van der Waals surface area contributed by atoms with E-state index in [1.807, 2.05) is 0 Å². The lowest BCUT2D eigenvalue weighted by molar-refractivity contribution is 0.102. The van der Waals surface area contributed by atoms with Crippen LogP contribution in [0.1, 0.15) is 16.1 Å². The number of anilines is 1. The van der Waals surface area contributed by atoms with Gasteiger partial charge in [-0.1, -0.05) is 24.3 Å². The van der Waals surface area contributed by atoms with Crippen molar-refractivity contribution in [3.05, 3.63) is 70.1 Å². The van der Waals surface area contributed by atoms with Crippen molar-refractivity contribution in [1.29, 1.82) is 0 Å². The Morgan fingerprint density at radius 3 is 2.54 bits per heavy atom. The molecule has 2 aromatic carbocycles. The van der Waals surface area contributed by atoms with E-state index < -0.39 is 15.9 Å². The number of nitrogens with one attached hydrogen (secondary N) is 3. The van der Waals surface area contributed by atoms with E-state index in [9.17, 15) is 18.0 Å². The van der Waals surface area contributed by atoms with E-state index in [0.717, 1.165) is 0 Å². The molecule has 0 bridgehead atoms. The summed E-state index contributed by atoms with van der Waals surface area (Å²) in [5.41, 5.74) is 0.586. The van der Waals surface area contributed by atoms with Gasteiger partial charge in [0.05, 0.1) is 4.90 Å². The second-order valence-electron chi connectivity index (χ2n) is 5.74. The molecule has 0 spiro atoms. The van der Waals surface area contributed by atoms with E-state index in [2.05, 4.69) is 15.0 Å². The predicted molar refractivity (Wildman–Crippen MR) is 99.9 cm³/mol. The van der Waals surface area contributed by atoms with Crippen LogP contribution < -0.4 is 15.6 Å². The van der Waals surface area contributed by atoms with Crippen LogP contribution in [0.5, 0.6) is 0 Å². The summed E-state index contributed by atoms with van der Waals surface area (Å²) < 4.78 is 26.3. The molecule has 8 heteroatoms. The Bertz CT molecular complexity index is 1170. The average Bonchev–Trinajstić information content (AvgIpc) is 2.63. The third-order valence-corrected chi connectivity index (χ3v) is 5.56. The topological polar surface area (TPSA) is 108 Å². The molecule has 1 amide bonds. The van der Waals surface area contributed by atoms with Gasteiger partial charge in [0.1, 0.15) is 5.69 Å². The van der Waals surface area contributed by atoms with Crippen LogP contribution in [-0.4, -0.2) is 26.4 Å². The zero-order valence-electron chi connectivity index (χ0n) is 14.2. The number of pyridine rings is 1. The second kappa shape index (κ2) is 6.74. The lowest BCUT2D eigenvalue weighted by Crippen LogP contribution is -2.21. The number of aromatic nitrogens is 1. The van der Waals surface area contributed by atoms with Gasteiger partial charge < -0.3 is 10.3 Å². The van der Waals surface area contributed by atoms with E-state index in [1.54, 1.807) is 49.4 Å². The van der Waals surface area contributed by atoms with Crippen LogP contribution in [0.2, 0.25) is 0 Å². The van der Waals surface area contributed by atoms with Crippen molar-refractivity contribution in [3.63, 3.8) is 0 Å². The van der Waals surface area contributed by atoms with Crippen molar-refractivity contribution >= 4 is 32.4 Å².